The third kappa shape index (κ3) is 1.19. The van der Waals surface area contributed by atoms with Gasteiger partial charge in [0.15, 0.2) is 11.6 Å². The normalized spacial score (nSPS) is 28.4. The van der Waals surface area contributed by atoms with Crippen LogP contribution in [0.4, 0.5) is 4.39 Å². The van der Waals surface area contributed by atoms with Crippen molar-refractivity contribution in [1.29, 1.82) is 0 Å². The molecule has 90 valence electrons. The van der Waals surface area contributed by atoms with Crippen LogP contribution >= 0.6 is 0 Å². The molecule has 17 heavy (non-hydrogen) atoms. The maximum absolute atomic E-state index is 13.9. The van der Waals surface area contributed by atoms with Gasteiger partial charge in [-0.15, -0.1) is 0 Å². The van der Waals surface area contributed by atoms with Gasteiger partial charge in [0.25, 0.3) is 0 Å². The summed E-state index contributed by atoms with van der Waals surface area (Å²) in [6.07, 6.45) is 3.65. The van der Waals surface area contributed by atoms with Gasteiger partial charge < -0.3 is 14.2 Å². The summed E-state index contributed by atoms with van der Waals surface area (Å²) >= 11 is 0. The van der Waals surface area contributed by atoms with Crippen molar-refractivity contribution in [3.63, 3.8) is 0 Å². The first-order valence-electron chi connectivity index (χ1n) is 5.42. The Morgan fingerprint density at radius 3 is 2.76 bits per heavy atom. The highest BCUT2D eigenvalue weighted by Crippen LogP contribution is 2.56. The maximum Gasteiger partial charge on any atom is 0.169 e. The molecule has 0 N–H and O–H groups in total. The zero-order chi connectivity index (χ0) is 12.2. The maximum atomic E-state index is 13.9. The molecule has 2 aliphatic rings. The average molecular weight is 236 g/mol. The lowest BCUT2D eigenvalue weighted by Gasteiger charge is -2.22. The summed E-state index contributed by atoms with van der Waals surface area (Å²) in [7, 11) is 2.99. The van der Waals surface area contributed by atoms with E-state index in [0.717, 1.165) is 11.1 Å². The van der Waals surface area contributed by atoms with E-state index in [0.29, 0.717) is 5.75 Å². The van der Waals surface area contributed by atoms with Crippen molar-refractivity contribution >= 4 is 0 Å². The fourth-order valence-corrected chi connectivity index (χ4v) is 2.69. The van der Waals surface area contributed by atoms with E-state index in [1.54, 1.807) is 0 Å². The summed E-state index contributed by atoms with van der Waals surface area (Å²) in [6.45, 7) is 1.94. The second kappa shape index (κ2) is 3.23. The summed E-state index contributed by atoms with van der Waals surface area (Å²) < 4.78 is 30.1. The average Bonchev–Trinajstić information content (AvgIpc) is 2.82. The van der Waals surface area contributed by atoms with E-state index in [-0.39, 0.29) is 11.9 Å². The van der Waals surface area contributed by atoms with Crippen LogP contribution < -0.4 is 9.47 Å². The van der Waals surface area contributed by atoms with E-state index in [1.807, 2.05) is 19.1 Å². The standard InChI is InChI=1S/C13H13FO3/c1-13-5-4-8(17-13)10-11(13)9(15-2)6-7(14)12(10)16-3/h4-6,8H,1-3H3. The minimum Gasteiger partial charge on any atom is -0.496 e. The van der Waals surface area contributed by atoms with Gasteiger partial charge in [0.1, 0.15) is 17.5 Å². The lowest BCUT2D eigenvalue weighted by atomic mass is 9.87. The number of methoxy groups -OCH3 is 2. The number of fused-ring (bicyclic) bond motifs is 5. The van der Waals surface area contributed by atoms with Crippen LogP contribution in [0, 0.1) is 5.82 Å². The highest BCUT2D eigenvalue weighted by molar-refractivity contribution is 5.60. The molecule has 2 atom stereocenters. The first-order chi connectivity index (χ1) is 8.10. The fraction of sp³-hybridized carbons (Fsp3) is 0.385. The van der Waals surface area contributed by atoms with Crippen molar-refractivity contribution in [2.45, 2.75) is 18.6 Å². The topological polar surface area (TPSA) is 27.7 Å². The summed E-state index contributed by atoms with van der Waals surface area (Å²) in [5.74, 6) is 0.336. The van der Waals surface area contributed by atoms with E-state index >= 15 is 0 Å². The number of ether oxygens (including phenoxy) is 3. The molecular formula is C13H13FO3. The molecule has 0 aliphatic carbocycles. The van der Waals surface area contributed by atoms with Crippen molar-refractivity contribution in [2.24, 2.45) is 0 Å². The molecule has 0 fully saturated rings. The first-order valence-corrected chi connectivity index (χ1v) is 5.42. The molecule has 2 aliphatic heterocycles. The molecule has 0 saturated carbocycles. The van der Waals surface area contributed by atoms with Gasteiger partial charge in [0.2, 0.25) is 0 Å². The van der Waals surface area contributed by atoms with Crippen LogP contribution in [0.5, 0.6) is 11.5 Å². The predicted octanol–water partition coefficient (Wildman–Crippen LogP) is 2.70. The van der Waals surface area contributed by atoms with Crippen LogP contribution in [0.25, 0.3) is 0 Å². The molecule has 3 rings (SSSR count). The molecule has 2 heterocycles. The second-order valence-corrected chi connectivity index (χ2v) is 4.39. The first kappa shape index (κ1) is 10.6. The van der Waals surface area contributed by atoms with Crippen LogP contribution in [-0.2, 0) is 10.3 Å². The zero-order valence-electron chi connectivity index (χ0n) is 9.91. The lowest BCUT2D eigenvalue weighted by Crippen LogP contribution is -2.16. The highest BCUT2D eigenvalue weighted by atomic mass is 19.1. The van der Waals surface area contributed by atoms with Gasteiger partial charge >= 0.3 is 0 Å². The zero-order valence-corrected chi connectivity index (χ0v) is 9.91. The Hall–Kier alpha value is -1.55. The van der Waals surface area contributed by atoms with Gasteiger partial charge in [-0.25, -0.2) is 4.39 Å². The summed E-state index contributed by atoms with van der Waals surface area (Å²) in [6, 6.07) is 1.35. The van der Waals surface area contributed by atoms with Crippen LogP contribution in [-0.4, -0.2) is 14.2 Å². The van der Waals surface area contributed by atoms with Crippen molar-refractivity contribution in [3.8, 4) is 11.5 Å². The van der Waals surface area contributed by atoms with E-state index < -0.39 is 11.4 Å². The van der Waals surface area contributed by atoms with Crippen LogP contribution in [0.3, 0.4) is 0 Å². The predicted molar refractivity (Wildman–Crippen MR) is 59.8 cm³/mol. The summed E-state index contributed by atoms with van der Waals surface area (Å²) in [4.78, 5) is 0. The van der Waals surface area contributed by atoms with Gasteiger partial charge in [0, 0.05) is 17.2 Å². The van der Waals surface area contributed by atoms with Crippen LogP contribution in [0.1, 0.15) is 24.2 Å². The van der Waals surface area contributed by atoms with Gasteiger partial charge in [-0.05, 0) is 13.0 Å². The molecule has 2 bridgehead atoms. The molecule has 2 unspecified atom stereocenters. The largest absolute Gasteiger partial charge is 0.496 e. The Morgan fingerprint density at radius 2 is 2.12 bits per heavy atom. The van der Waals surface area contributed by atoms with Crippen molar-refractivity contribution < 1.29 is 18.6 Å². The SMILES string of the molecule is COc1cc(F)c(OC)c2c1C1(C)C=CC2O1. The molecular weight excluding hydrogens is 223 g/mol. The molecule has 1 aromatic rings. The molecule has 1 aromatic carbocycles. The Balaban J connectivity index is 2.34. The quantitative estimate of drug-likeness (QED) is 0.739. The van der Waals surface area contributed by atoms with E-state index in [1.165, 1.54) is 20.3 Å². The molecule has 0 saturated heterocycles. The Kier molecular flexibility index (Phi) is 2.01. The van der Waals surface area contributed by atoms with Gasteiger partial charge in [-0.3, -0.25) is 0 Å². The molecule has 0 aromatic heterocycles. The third-order valence-electron chi connectivity index (χ3n) is 3.40. The monoisotopic (exact) mass is 236 g/mol. The van der Waals surface area contributed by atoms with Gasteiger partial charge in [-0.1, -0.05) is 6.08 Å². The summed E-state index contributed by atoms with van der Waals surface area (Å²) in [5, 5.41) is 0. The molecule has 0 radical (unpaired) electrons. The smallest absolute Gasteiger partial charge is 0.169 e. The number of hydrogen-bond donors (Lipinski definition) is 0. The third-order valence-corrected chi connectivity index (χ3v) is 3.40. The van der Waals surface area contributed by atoms with E-state index in [9.17, 15) is 4.39 Å². The second-order valence-electron chi connectivity index (χ2n) is 4.39. The summed E-state index contributed by atoms with van der Waals surface area (Å²) in [5.41, 5.74) is 1.08. The number of rotatable bonds is 2. The highest BCUT2D eigenvalue weighted by Gasteiger charge is 2.48. The number of benzene rings is 1. The lowest BCUT2D eigenvalue weighted by molar-refractivity contribution is 0.0100. The Bertz CT molecular complexity index is 524. The van der Waals surface area contributed by atoms with Crippen LogP contribution in [0.2, 0.25) is 0 Å². The molecule has 0 amide bonds. The fourth-order valence-electron chi connectivity index (χ4n) is 2.69. The van der Waals surface area contributed by atoms with Crippen LogP contribution in [0.15, 0.2) is 18.2 Å². The minimum atomic E-state index is -0.535. The van der Waals surface area contributed by atoms with Crippen molar-refractivity contribution in [2.75, 3.05) is 14.2 Å². The van der Waals surface area contributed by atoms with E-state index in [2.05, 4.69) is 0 Å². The van der Waals surface area contributed by atoms with Gasteiger partial charge in [-0.2, -0.15) is 0 Å². The van der Waals surface area contributed by atoms with Crippen molar-refractivity contribution in [1.82, 2.24) is 0 Å². The minimum absolute atomic E-state index is 0.241. The Labute approximate surface area is 98.8 Å². The number of halogens is 1. The van der Waals surface area contributed by atoms with Gasteiger partial charge in [0.05, 0.1) is 14.2 Å². The van der Waals surface area contributed by atoms with Crippen molar-refractivity contribution in [3.05, 3.63) is 35.2 Å². The molecule has 3 nitrogen and oxygen atoms in total. The molecule has 4 heteroatoms. The molecule has 0 spiro atoms. The number of hydrogen-bond acceptors (Lipinski definition) is 3. The Morgan fingerprint density at radius 1 is 1.35 bits per heavy atom. The van der Waals surface area contributed by atoms with E-state index in [4.69, 9.17) is 14.2 Å².